The first-order valence-corrected chi connectivity index (χ1v) is 8.89. The molecule has 0 spiro atoms. The fraction of sp³-hybridized carbons (Fsp3) is 0.278. The summed E-state index contributed by atoms with van der Waals surface area (Å²) in [6.45, 7) is 5.65. The lowest BCUT2D eigenvalue weighted by Crippen LogP contribution is -2.14. The minimum atomic E-state index is -4.05. The van der Waals surface area contributed by atoms with Gasteiger partial charge in [-0.3, -0.25) is 0 Å². The Morgan fingerprint density at radius 3 is 2.21 bits per heavy atom. The Balaban J connectivity index is 2.35. The van der Waals surface area contributed by atoms with E-state index in [-0.39, 0.29) is 16.2 Å². The lowest BCUT2D eigenvalue weighted by atomic mass is 10.0. The zero-order chi connectivity index (χ0) is 17.9. The highest BCUT2D eigenvalue weighted by Crippen LogP contribution is 2.25. The van der Waals surface area contributed by atoms with E-state index in [1.54, 1.807) is 19.1 Å². The first-order chi connectivity index (χ1) is 11.3. The van der Waals surface area contributed by atoms with Crippen molar-refractivity contribution in [3.8, 4) is 5.75 Å². The molecule has 0 aliphatic heterocycles. The molecule has 2 rings (SSSR count). The molecule has 0 aliphatic rings. The molecule has 0 amide bonds. The summed E-state index contributed by atoms with van der Waals surface area (Å²) >= 11 is 0. The second kappa shape index (κ2) is 7.05. The maximum absolute atomic E-state index is 12.5. The van der Waals surface area contributed by atoms with Crippen molar-refractivity contribution in [3.05, 3.63) is 59.2 Å². The largest absolute Gasteiger partial charge is 0.465 e. The maximum atomic E-state index is 12.5. The Bertz CT molecular complexity index is 836. The Morgan fingerprint density at radius 2 is 1.67 bits per heavy atom. The Kier molecular flexibility index (Phi) is 5.29. The minimum Gasteiger partial charge on any atom is -0.465 e. The van der Waals surface area contributed by atoms with E-state index < -0.39 is 16.1 Å². The van der Waals surface area contributed by atoms with Crippen LogP contribution in [0.5, 0.6) is 5.75 Å². The van der Waals surface area contributed by atoms with Crippen LogP contribution in [0.4, 0.5) is 0 Å². The van der Waals surface area contributed by atoms with Crippen LogP contribution in [0.1, 0.15) is 41.3 Å². The Morgan fingerprint density at radius 1 is 1.04 bits per heavy atom. The molecule has 0 aromatic heterocycles. The molecule has 0 heterocycles. The van der Waals surface area contributed by atoms with Gasteiger partial charge >= 0.3 is 16.1 Å². The van der Waals surface area contributed by atoms with Crippen molar-refractivity contribution < 1.29 is 22.1 Å². The van der Waals surface area contributed by atoms with E-state index in [9.17, 15) is 13.2 Å². The van der Waals surface area contributed by atoms with Crippen molar-refractivity contribution in [2.75, 3.05) is 7.11 Å². The number of benzene rings is 2. The van der Waals surface area contributed by atoms with Gasteiger partial charge in [-0.15, -0.1) is 0 Å². The van der Waals surface area contributed by atoms with Crippen molar-refractivity contribution in [2.45, 2.75) is 31.6 Å². The normalized spacial score (nSPS) is 11.4. The molecule has 0 aliphatic carbocycles. The molecule has 5 nitrogen and oxygen atoms in total. The predicted molar refractivity (Wildman–Crippen MR) is 90.9 cm³/mol. The highest BCUT2D eigenvalue weighted by molar-refractivity contribution is 7.87. The number of methoxy groups -OCH3 is 1. The van der Waals surface area contributed by atoms with Gasteiger partial charge in [0.1, 0.15) is 10.6 Å². The van der Waals surface area contributed by atoms with E-state index in [4.69, 9.17) is 4.18 Å². The number of hydrogen-bond donors (Lipinski definition) is 0. The van der Waals surface area contributed by atoms with Gasteiger partial charge < -0.3 is 8.92 Å². The van der Waals surface area contributed by atoms with E-state index in [0.717, 1.165) is 5.56 Å². The standard InChI is InChI=1S/C18H20O5S/c1-12(2)14-8-10-15(11-9-14)23-24(20,21)17-7-5-6-16(13(17)3)18(19)22-4/h5-12H,1-4H3. The van der Waals surface area contributed by atoms with Crippen molar-refractivity contribution in [2.24, 2.45) is 0 Å². The second-order valence-corrected chi connectivity index (χ2v) is 7.20. The summed E-state index contributed by atoms with van der Waals surface area (Å²) in [6.07, 6.45) is 0. The van der Waals surface area contributed by atoms with Crippen molar-refractivity contribution in [1.82, 2.24) is 0 Å². The van der Waals surface area contributed by atoms with E-state index >= 15 is 0 Å². The number of carbonyl (C=O) groups excluding carboxylic acids is 1. The van der Waals surface area contributed by atoms with Crippen molar-refractivity contribution >= 4 is 16.1 Å². The lowest BCUT2D eigenvalue weighted by Gasteiger charge is -2.12. The number of hydrogen-bond acceptors (Lipinski definition) is 5. The monoisotopic (exact) mass is 348 g/mol. The average molecular weight is 348 g/mol. The zero-order valence-corrected chi connectivity index (χ0v) is 14.9. The minimum absolute atomic E-state index is 0.0571. The summed E-state index contributed by atoms with van der Waals surface area (Å²) in [6, 6.07) is 11.3. The maximum Gasteiger partial charge on any atom is 0.339 e. The van der Waals surface area contributed by atoms with Crippen LogP contribution in [0, 0.1) is 6.92 Å². The molecule has 0 N–H and O–H groups in total. The van der Waals surface area contributed by atoms with Gasteiger partial charge in [-0.2, -0.15) is 8.42 Å². The van der Waals surface area contributed by atoms with Crippen LogP contribution >= 0.6 is 0 Å². The predicted octanol–water partition coefficient (Wildman–Crippen LogP) is 3.67. The van der Waals surface area contributed by atoms with Gasteiger partial charge in [0.05, 0.1) is 12.7 Å². The molecule has 6 heteroatoms. The van der Waals surface area contributed by atoms with Crippen LogP contribution in [0.25, 0.3) is 0 Å². The third kappa shape index (κ3) is 3.76. The Hall–Kier alpha value is -2.34. The van der Waals surface area contributed by atoms with Gasteiger partial charge in [0.2, 0.25) is 0 Å². The highest BCUT2D eigenvalue weighted by atomic mass is 32.2. The highest BCUT2D eigenvalue weighted by Gasteiger charge is 2.23. The molecule has 0 saturated heterocycles. The van der Waals surface area contributed by atoms with Crippen LogP contribution in [-0.2, 0) is 14.9 Å². The molecular formula is C18H20O5S. The van der Waals surface area contributed by atoms with E-state index in [0.29, 0.717) is 11.5 Å². The van der Waals surface area contributed by atoms with Crippen LogP contribution in [0.3, 0.4) is 0 Å². The third-order valence-electron chi connectivity index (χ3n) is 3.71. The molecule has 0 atom stereocenters. The molecule has 0 bridgehead atoms. The quantitative estimate of drug-likeness (QED) is 0.609. The van der Waals surface area contributed by atoms with Crippen LogP contribution in [-0.4, -0.2) is 21.5 Å². The summed E-state index contributed by atoms with van der Waals surface area (Å²) in [5.74, 6) is -0.0252. The molecule has 2 aromatic carbocycles. The molecule has 0 saturated carbocycles. The van der Waals surface area contributed by atoms with E-state index in [1.165, 1.54) is 25.3 Å². The topological polar surface area (TPSA) is 69.7 Å². The summed E-state index contributed by atoms with van der Waals surface area (Å²) < 4.78 is 34.9. The molecule has 0 unspecified atom stereocenters. The number of rotatable bonds is 5. The van der Waals surface area contributed by atoms with Crippen molar-refractivity contribution in [1.29, 1.82) is 0 Å². The van der Waals surface area contributed by atoms with E-state index in [2.05, 4.69) is 4.74 Å². The summed E-state index contributed by atoms with van der Waals surface area (Å²) in [4.78, 5) is 11.7. The summed E-state index contributed by atoms with van der Waals surface area (Å²) in [5.41, 5.74) is 1.57. The average Bonchev–Trinajstić information content (AvgIpc) is 2.54. The number of ether oxygens (including phenoxy) is 1. The van der Waals surface area contributed by atoms with Gasteiger partial charge in [-0.05, 0) is 48.2 Å². The smallest absolute Gasteiger partial charge is 0.339 e. The third-order valence-corrected chi connectivity index (χ3v) is 5.10. The fourth-order valence-corrected chi connectivity index (χ4v) is 3.48. The van der Waals surface area contributed by atoms with Gasteiger partial charge in [0.25, 0.3) is 0 Å². The fourth-order valence-electron chi connectivity index (χ4n) is 2.30. The molecule has 24 heavy (non-hydrogen) atoms. The molecule has 128 valence electrons. The number of esters is 1. The molecule has 0 radical (unpaired) electrons. The molecule has 0 fully saturated rings. The summed E-state index contributed by atoms with van der Waals surface area (Å²) in [7, 11) is -2.80. The first-order valence-electron chi connectivity index (χ1n) is 7.48. The molecule has 2 aromatic rings. The van der Waals surface area contributed by atoms with Crippen LogP contribution < -0.4 is 4.18 Å². The SMILES string of the molecule is COC(=O)c1cccc(S(=O)(=O)Oc2ccc(C(C)C)cc2)c1C. The van der Waals surface area contributed by atoms with Crippen molar-refractivity contribution in [3.63, 3.8) is 0 Å². The van der Waals surface area contributed by atoms with Gasteiger partial charge in [-0.25, -0.2) is 4.79 Å². The number of carbonyl (C=O) groups is 1. The lowest BCUT2D eigenvalue weighted by molar-refractivity contribution is 0.0599. The van der Waals surface area contributed by atoms with Gasteiger partial charge in [0, 0.05) is 0 Å². The zero-order valence-electron chi connectivity index (χ0n) is 14.1. The van der Waals surface area contributed by atoms with Gasteiger partial charge in [0.15, 0.2) is 0 Å². The first kappa shape index (κ1) is 18.0. The van der Waals surface area contributed by atoms with Crippen LogP contribution in [0.2, 0.25) is 0 Å². The molecular weight excluding hydrogens is 328 g/mol. The van der Waals surface area contributed by atoms with Crippen LogP contribution in [0.15, 0.2) is 47.4 Å². The van der Waals surface area contributed by atoms with E-state index in [1.807, 2.05) is 26.0 Å². The Labute approximate surface area is 142 Å². The second-order valence-electron chi connectivity index (χ2n) is 5.68. The van der Waals surface area contributed by atoms with Gasteiger partial charge in [-0.1, -0.05) is 32.0 Å². The summed E-state index contributed by atoms with van der Waals surface area (Å²) in [5, 5.41) is 0.